The van der Waals surface area contributed by atoms with E-state index in [2.05, 4.69) is 15.4 Å². The molecule has 0 aromatic heterocycles. The van der Waals surface area contributed by atoms with Gasteiger partial charge in [0.1, 0.15) is 0 Å². The summed E-state index contributed by atoms with van der Waals surface area (Å²) >= 11 is 5.35. The summed E-state index contributed by atoms with van der Waals surface area (Å²) in [5.41, 5.74) is 5.07. The van der Waals surface area contributed by atoms with Gasteiger partial charge in [-0.2, -0.15) is 5.10 Å². The number of hydrogen-bond acceptors (Lipinski definition) is 2. The van der Waals surface area contributed by atoms with Crippen LogP contribution in [0.3, 0.4) is 0 Å². The number of nitrogens with one attached hydrogen (secondary N) is 1. The molecule has 18 heavy (non-hydrogen) atoms. The zero-order valence-corrected chi connectivity index (χ0v) is 11.5. The zero-order valence-electron chi connectivity index (χ0n) is 10.7. The van der Waals surface area contributed by atoms with Gasteiger partial charge in [0.2, 0.25) is 0 Å². The predicted molar refractivity (Wildman–Crippen MR) is 79.8 cm³/mol. The fourth-order valence-electron chi connectivity index (χ4n) is 2.04. The maximum absolute atomic E-state index is 5.35. The minimum absolute atomic E-state index is 0.741. The van der Waals surface area contributed by atoms with E-state index in [-0.39, 0.29) is 0 Å². The number of piperidine rings is 1. The molecule has 96 valence electrons. The molecule has 0 unspecified atom stereocenters. The lowest BCUT2D eigenvalue weighted by Gasteiger charge is -2.28. The van der Waals surface area contributed by atoms with Crippen molar-refractivity contribution in [2.75, 3.05) is 13.1 Å². The van der Waals surface area contributed by atoms with Gasteiger partial charge in [0.15, 0.2) is 5.11 Å². The van der Waals surface area contributed by atoms with Gasteiger partial charge >= 0.3 is 0 Å². The fraction of sp³-hybridized carbons (Fsp3) is 0.429. The summed E-state index contributed by atoms with van der Waals surface area (Å²) in [4.78, 5) is 2.20. The fourth-order valence-corrected chi connectivity index (χ4v) is 2.27. The molecule has 0 radical (unpaired) electrons. The summed E-state index contributed by atoms with van der Waals surface area (Å²) in [5.74, 6) is 0. The van der Waals surface area contributed by atoms with E-state index in [0.717, 1.165) is 29.5 Å². The molecular formula is C14H19N3S. The third-order valence-electron chi connectivity index (χ3n) is 3.15. The van der Waals surface area contributed by atoms with Crippen molar-refractivity contribution in [3.05, 3.63) is 35.9 Å². The molecule has 2 rings (SSSR count). The van der Waals surface area contributed by atoms with Gasteiger partial charge < -0.3 is 4.90 Å². The van der Waals surface area contributed by atoms with Crippen molar-refractivity contribution in [1.29, 1.82) is 0 Å². The first-order valence-corrected chi connectivity index (χ1v) is 6.83. The van der Waals surface area contributed by atoms with Crippen LogP contribution in [-0.2, 0) is 0 Å². The number of benzene rings is 1. The average molecular weight is 261 g/mol. The first-order chi connectivity index (χ1) is 8.77. The van der Waals surface area contributed by atoms with Gasteiger partial charge in [0, 0.05) is 13.1 Å². The van der Waals surface area contributed by atoms with Crippen LogP contribution in [0.1, 0.15) is 31.7 Å². The molecule has 0 aliphatic carbocycles. The van der Waals surface area contributed by atoms with E-state index in [1.54, 1.807) is 0 Å². The molecule has 3 nitrogen and oxygen atoms in total. The number of hydrogen-bond donors (Lipinski definition) is 1. The summed E-state index contributed by atoms with van der Waals surface area (Å²) < 4.78 is 0. The standard InChI is InChI=1S/C14H19N3S/c1-12(13-8-4-2-5-9-13)15-16-14(18)17-10-6-3-7-11-17/h2,4-5,8-9H,3,6-7,10-11H2,1H3,(H,16,18)/b15-12+. The zero-order chi connectivity index (χ0) is 12.8. The topological polar surface area (TPSA) is 27.6 Å². The van der Waals surface area contributed by atoms with Crippen molar-refractivity contribution < 1.29 is 0 Å². The minimum Gasteiger partial charge on any atom is -0.348 e. The van der Waals surface area contributed by atoms with Crippen molar-refractivity contribution in [3.8, 4) is 0 Å². The van der Waals surface area contributed by atoms with Gasteiger partial charge in [-0.05, 0) is 44.0 Å². The van der Waals surface area contributed by atoms with E-state index in [4.69, 9.17) is 12.2 Å². The van der Waals surface area contributed by atoms with Crippen LogP contribution in [0.5, 0.6) is 0 Å². The SMILES string of the molecule is C/C(=N\NC(=S)N1CCCCC1)c1ccccc1. The third kappa shape index (κ3) is 3.53. The van der Waals surface area contributed by atoms with E-state index < -0.39 is 0 Å². The Morgan fingerprint density at radius 3 is 2.50 bits per heavy atom. The van der Waals surface area contributed by atoms with E-state index >= 15 is 0 Å². The Morgan fingerprint density at radius 2 is 1.83 bits per heavy atom. The van der Waals surface area contributed by atoms with Gasteiger partial charge in [-0.1, -0.05) is 30.3 Å². The summed E-state index contributed by atoms with van der Waals surface area (Å²) in [6, 6.07) is 10.1. The van der Waals surface area contributed by atoms with E-state index in [0.29, 0.717) is 0 Å². The summed E-state index contributed by atoms with van der Waals surface area (Å²) in [6.07, 6.45) is 3.76. The molecule has 0 bridgehead atoms. The number of hydrazone groups is 1. The molecule has 0 atom stereocenters. The molecule has 1 aliphatic heterocycles. The second-order valence-electron chi connectivity index (χ2n) is 4.53. The van der Waals surface area contributed by atoms with Crippen LogP contribution in [0.4, 0.5) is 0 Å². The quantitative estimate of drug-likeness (QED) is 0.504. The third-order valence-corrected chi connectivity index (χ3v) is 3.50. The number of thiocarbonyl (C=S) groups is 1. The number of likely N-dealkylation sites (tertiary alicyclic amines) is 1. The minimum atomic E-state index is 0.741. The van der Waals surface area contributed by atoms with Crippen LogP contribution in [0.25, 0.3) is 0 Å². The van der Waals surface area contributed by atoms with Crippen molar-refractivity contribution in [2.45, 2.75) is 26.2 Å². The maximum Gasteiger partial charge on any atom is 0.189 e. The van der Waals surface area contributed by atoms with E-state index in [9.17, 15) is 0 Å². The Morgan fingerprint density at radius 1 is 1.17 bits per heavy atom. The molecular weight excluding hydrogens is 242 g/mol. The first-order valence-electron chi connectivity index (χ1n) is 6.42. The highest BCUT2D eigenvalue weighted by atomic mass is 32.1. The van der Waals surface area contributed by atoms with E-state index in [1.807, 2.05) is 37.3 Å². The highest BCUT2D eigenvalue weighted by Gasteiger charge is 2.12. The molecule has 4 heteroatoms. The largest absolute Gasteiger partial charge is 0.348 e. The van der Waals surface area contributed by atoms with Gasteiger partial charge in [-0.25, -0.2) is 0 Å². The van der Waals surface area contributed by atoms with Gasteiger partial charge in [0.25, 0.3) is 0 Å². The van der Waals surface area contributed by atoms with E-state index in [1.165, 1.54) is 19.3 Å². The molecule has 1 fully saturated rings. The lowest BCUT2D eigenvalue weighted by molar-refractivity contribution is 0.338. The molecule has 1 aromatic rings. The van der Waals surface area contributed by atoms with Crippen molar-refractivity contribution in [1.82, 2.24) is 10.3 Å². The molecule has 1 N–H and O–H groups in total. The molecule has 0 saturated carbocycles. The Hall–Kier alpha value is -1.42. The molecule has 0 amide bonds. The number of rotatable bonds is 2. The Balaban J connectivity index is 1.91. The molecule has 0 spiro atoms. The van der Waals surface area contributed by atoms with Gasteiger partial charge in [-0.15, -0.1) is 0 Å². The van der Waals surface area contributed by atoms with Crippen LogP contribution < -0.4 is 5.43 Å². The molecule has 1 saturated heterocycles. The van der Waals surface area contributed by atoms with Crippen LogP contribution in [0, 0.1) is 0 Å². The van der Waals surface area contributed by atoms with Crippen LogP contribution in [0.15, 0.2) is 35.4 Å². The molecule has 1 aliphatic rings. The normalized spacial score (nSPS) is 16.5. The molecule has 1 heterocycles. The lowest BCUT2D eigenvalue weighted by atomic mass is 10.1. The monoisotopic (exact) mass is 261 g/mol. The average Bonchev–Trinajstić information content (AvgIpc) is 2.46. The van der Waals surface area contributed by atoms with Crippen molar-refractivity contribution in [2.24, 2.45) is 5.10 Å². The second-order valence-corrected chi connectivity index (χ2v) is 4.91. The lowest BCUT2D eigenvalue weighted by Crippen LogP contribution is -2.40. The maximum atomic E-state index is 5.35. The predicted octanol–water partition coefficient (Wildman–Crippen LogP) is 2.77. The highest BCUT2D eigenvalue weighted by molar-refractivity contribution is 7.80. The summed E-state index contributed by atoms with van der Waals surface area (Å²) in [6.45, 7) is 4.08. The smallest absolute Gasteiger partial charge is 0.189 e. The number of nitrogens with zero attached hydrogens (tertiary/aromatic N) is 2. The Bertz CT molecular complexity index is 422. The van der Waals surface area contributed by atoms with Crippen molar-refractivity contribution in [3.63, 3.8) is 0 Å². The highest BCUT2D eigenvalue weighted by Crippen LogP contribution is 2.08. The summed E-state index contributed by atoms with van der Waals surface area (Å²) in [7, 11) is 0. The Labute approximate surface area is 114 Å². The Kier molecular flexibility index (Phi) is 4.70. The van der Waals surface area contributed by atoms with Crippen LogP contribution in [-0.4, -0.2) is 28.8 Å². The molecule has 1 aromatic carbocycles. The van der Waals surface area contributed by atoms with Crippen LogP contribution >= 0.6 is 12.2 Å². The van der Waals surface area contributed by atoms with Crippen LogP contribution in [0.2, 0.25) is 0 Å². The first kappa shape index (κ1) is 13.0. The van der Waals surface area contributed by atoms with Gasteiger partial charge in [0.05, 0.1) is 5.71 Å². The van der Waals surface area contributed by atoms with Gasteiger partial charge in [-0.3, -0.25) is 5.43 Å². The van der Waals surface area contributed by atoms with Crippen molar-refractivity contribution >= 4 is 23.0 Å². The summed E-state index contributed by atoms with van der Waals surface area (Å²) in [5, 5.41) is 5.09. The second kappa shape index (κ2) is 6.50.